The number of rotatable bonds is 3. The summed E-state index contributed by atoms with van der Waals surface area (Å²) in [7, 11) is -2.41. The number of esters is 2. The minimum Gasteiger partial charge on any atom is -0.465 e. The van der Waals surface area contributed by atoms with Crippen molar-refractivity contribution >= 4 is 66.8 Å². The summed E-state index contributed by atoms with van der Waals surface area (Å²) >= 11 is 13.0. The molecule has 0 saturated heterocycles. The van der Waals surface area contributed by atoms with Crippen molar-refractivity contribution in [2.75, 3.05) is 14.2 Å². The standard InChI is InChI=1S/C18H12Cl2O7S/c1-26-17(21)9-5-3-4-8-12(9)16(20)14-11(28(23,24)25)7-6-10(18(22)27-2)13(14)15(8)19/h3-7H,1-2H3,(H,23,24,25). The van der Waals surface area contributed by atoms with Gasteiger partial charge in [-0.1, -0.05) is 35.3 Å². The number of ether oxygens (including phenoxy) is 2. The molecular formula is C18H12Cl2O7S. The highest BCUT2D eigenvalue weighted by molar-refractivity contribution is 7.86. The largest absolute Gasteiger partial charge is 0.465 e. The summed E-state index contributed by atoms with van der Waals surface area (Å²) in [6.45, 7) is 0. The van der Waals surface area contributed by atoms with Crippen LogP contribution in [0, 0.1) is 0 Å². The molecule has 3 aromatic rings. The molecule has 0 aliphatic heterocycles. The molecule has 7 nitrogen and oxygen atoms in total. The summed E-state index contributed by atoms with van der Waals surface area (Å²) in [5, 5.41) is -0.0379. The van der Waals surface area contributed by atoms with Crippen LogP contribution in [0.15, 0.2) is 35.2 Å². The van der Waals surface area contributed by atoms with E-state index in [4.69, 9.17) is 32.7 Å². The zero-order chi connectivity index (χ0) is 20.8. The zero-order valence-corrected chi connectivity index (χ0v) is 16.8. The van der Waals surface area contributed by atoms with Gasteiger partial charge in [-0.2, -0.15) is 8.42 Å². The molecule has 3 aromatic carbocycles. The van der Waals surface area contributed by atoms with E-state index in [0.717, 1.165) is 19.2 Å². The summed E-state index contributed by atoms with van der Waals surface area (Å²) in [6.07, 6.45) is 0. The molecule has 0 saturated carbocycles. The molecule has 0 atom stereocenters. The smallest absolute Gasteiger partial charge is 0.338 e. The van der Waals surface area contributed by atoms with E-state index >= 15 is 0 Å². The Bertz CT molecular complexity index is 1270. The predicted molar refractivity (Wildman–Crippen MR) is 104 cm³/mol. The second-order valence-corrected chi connectivity index (χ2v) is 7.82. The Balaban J connectivity index is 2.70. The molecule has 3 rings (SSSR count). The summed E-state index contributed by atoms with van der Waals surface area (Å²) in [6, 6.07) is 6.69. The first kappa shape index (κ1) is 20.3. The van der Waals surface area contributed by atoms with Gasteiger partial charge in [-0.3, -0.25) is 4.55 Å². The summed E-state index contributed by atoms with van der Waals surface area (Å²) in [5.74, 6) is -1.51. The molecule has 0 aromatic heterocycles. The molecule has 0 unspecified atom stereocenters. The maximum absolute atomic E-state index is 12.2. The van der Waals surface area contributed by atoms with Crippen LogP contribution >= 0.6 is 23.2 Å². The second kappa shape index (κ2) is 7.21. The van der Waals surface area contributed by atoms with Crippen molar-refractivity contribution < 1.29 is 32.0 Å². The lowest BCUT2D eigenvalue weighted by molar-refractivity contribution is 0.0594. The van der Waals surface area contributed by atoms with Crippen LogP contribution in [0.3, 0.4) is 0 Å². The first-order chi connectivity index (χ1) is 13.1. The van der Waals surface area contributed by atoms with Crippen molar-refractivity contribution in [1.29, 1.82) is 0 Å². The molecule has 0 radical (unpaired) electrons. The molecule has 0 bridgehead atoms. The number of carbonyl (C=O) groups is 2. The van der Waals surface area contributed by atoms with Crippen molar-refractivity contribution in [1.82, 2.24) is 0 Å². The van der Waals surface area contributed by atoms with Crippen molar-refractivity contribution in [2.45, 2.75) is 4.90 Å². The third-order valence-corrected chi connectivity index (χ3v) is 5.88. The highest BCUT2D eigenvalue weighted by Crippen LogP contribution is 2.44. The molecule has 1 N–H and O–H groups in total. The van der Waals surface area contributed by atoms with Gasteiger partial charge in [0.15, 0.2) is 0 Å². The van der Waals surface area contributed by atoms with E-state index in [0.29, 0.717) is 5.39 Å². The van der Waals surface area contributed by atoms with E-state index in [1.165, 1.54) is 19.2 Å². The number of benzene rings is 3. The van der Waals surface area contributed by atoms with Crippen LogP contribution in [0.5, 0.6) is 0 Å². The quantitative estimate of drug-likeness (QED) is 0.369. The maximum Gasteiger partial charge on any atom is 0.338 e. The highest BCUT2D eigenvalue weighted by atomic mass is 35.5. The van der Waals surface area contributed by atoms with Gasteiger partial charge in [0, 0.05) is 21.5 Å². The average molecular weight is 443 g/mol. The minimum absolute atomic E-state index is 0.0249. The van der Waals surface area contributed by atoms with Gasteiger partial charge in [-0.15, -0.1) is 0 Å². The molecule has 0 aliphatic rings. The number of methoxy groups -OCH3 is 2. The summed E-state index contributed by atoms with van der Waals surface area (Å²) in [5.41, 5.74) is -0.0132. The van der Waals surface area contributed by atoms with Crippen LogP contribution in [0.2, 0.25) is 10.0 Å². The lowest BCUT2D eigenvalue weighted by Crippen LogP contribution is -2.08. The van der Waals surface area contributed by atoms with E-state index in [1.54, 1.807) is 6.07 Å². The third-order valence-electron chi connectivity index (χ3n) is 4.22. The van der Waals surface area contributed by atoms with Gasteiger partial charge in [-0.25, -0.2) is 9.59 Å². The van der Waals surface area contributed by atoms with Crippen LogP contribution in [0.1, 0.15) is 20.7 Å². The SMILES string of the molecule is COC(=O)c1cccc2c(Cl)c3c(C(=O)OC)ccc(S(=O)(=O)O)c3c(Cl)c12. The molecule has 0 aliphatic carbocycles. The topological polar surface area (TPSA) is 107 Å². The Labute approximate surface area is 169 Å². The maximum atomic E-state index is 12.2. The zero-order valence-electron chi connectivity index (χ0n) is 14.4. The van der Waals surface area contributed by atoms with Crippen LogP contribution in [-0.2, 0) is 19.6 Å². The molecular weight excluding hydrogens is 431 g/mol. The Morgan fingerprint density at radius 2 is 1.43 bits per heavy atom. The number of hydrogen-bond donors (Lipinski definition) is 1. The van der Waals surface area contributed by atoms with Crippen LogP contribution in [0.4, 0.5) is 0 Å². The molecule has 28 heavy (non-hydrogen) atoms. The second-order valence-electron chi connectivity index (χ2n) is 5.68. The molecule has 10 heteroatoms. The number of halogens is 2. The van der Waals surface area contributed by atoms with Crippen molar-refractivity contribution in [3.63, 3.8) is 0 Å². The van der Waals surface area contributed by atoms with E-state index in [2.05, 4.69) is 0 Å². The van der Waals surface area contributed by atoms with Crippen LogP contribution < -0.4 is 0 Å². The lowest BCUT2D eigenvalue weighted by Gasteiger charge is -2.16. The van der Waals surface area contributed by atoms with Crippen LogP contribution in [0.25, 0.3) is 21.5 Å². The number of fused-ring (bicyclic) bond motifs is 2. The molecule has 0 fully saturated rings. The Morgan fingerprint density at radius 1 is 0.857 bits per heavy atom. The number of hydrogen-bond acceptors (Lipinski definition) is 6. The van der Waals surface area contributed by atoms with Crippen molar-refractivity contribution in [3.8, 4) is 0 Å². The monoisotopic (exact) mass is 442 g/mol. The van der Waals surface area contributed by atoms with E-state index in [1.807, 2.05) is 0 Å². The fraction of sp³-hybridized carbons (Fsp3) is 0.111. The number of carbonyl (C=O) groups excluding carboxylic acids is 2. The van der Waals surface area contributed by atoms with Crippen LogP contribution in [-0.4, -0.2) is 39.1 Å². The first-order valence-corrected chi connectivity index (χ1v) is 9.83. The minimum atomic E-state index is -4.74. The van der Waals surface area contributed by atoms with Gasteiger partial charge in [0.1, 0.15) is 4.90 Å². The van der Waals surface area contributed by atoms with Crippen molar-refractivity contribution in [3.05, 3.63) is 51.5 Å². The first-order valence-electron chi connectivity index (χ1n) is 7.64. The fourth-order valence-corrected chi connectivity index (χ4v) is 4.55. The van der Waals surface area contributed by atoms with E-state index < -0.39 is 27.0 Å². The average Bonchev–Trinajstić information content (AvgIpc) is 2.68. The van der Waals surface area contributed by atoms with Gasteiger partial charge >= 0.3 is 11.9 Å². The Hall–Kier alpha value is -2.39. The summed E-state index contributed by atoms with van der Waals surface area (Å²) in [4.78, 5) is 23.8. The molecule has 146 valence electrons. The van der Waals surface area contributed by atoms with Crippen molar-refractivity contribution in [2.24, 2.45) is 0 Å². The van der Waals surface area contributed by atoms with E-state index in [9.17, 15) is 22.6 Å². The Morgan fingerprint density at radius 3 is 1.96 bits per heavy atom. The summed E-state index contributed by atoms with van der Waals surface area (Å²) < 4.78 is 43.0. The normalized spacial score (nSPS) is 11.6. The van der Waals surface area contributed by atoms with Gasteiger partial charge in [0.25, 0.3) is 10.1 Å². The third kappa shape index (κ3) is 3.08. The van der Waals surface area contributed by atoms with Gasteiger partial charge in [-0.05, 0) is 18.2 Å². The van der Waals surface area contributed by atoms with Gasteiger partial charge in [0.2, 0.25) is 0 Å². The molecule has 0 spiro atoms. The highest BCUT2D eigenvalue weighted by Gasteiger charge is 2.27. The fourth-order valence-electron chi connectivity index (χ4n) is 3.04. The lowest BCUT2D eigenvalue weighted by atomic mass is 9.96. The Kier molecular flexibility index (Phi) is 5.24. The molecule has 0 heterocycles. The van der Waals surface area contributed by atoms with E-state index in [-0.39, 0.29) is 37.3 Å². The molecule has 0 amide bonds. The van der Waals surface area contributed by atoms with Gasteiger partial charge < -0.3 is 9.47 Å². The van der Waals surface area contributed by atoms with Gasteiger partial charge in [0.05, 0.1) is 35.4 Å². The predicted octanol–water partition coefficient (Wildman–Crippen LogP) is 4.12.